The molecule has 9 nitrogen and oxygen atoms in total. The van der Waals surface area contributed by atoms with Crippen LogP contribution in [0.2, 0.25) is 0 Å². The lowest BCUT2D eigenvalue weighted by molar-refractivity contribution is -0.115. The van der Waals surface area contributed by atoms with Gasteiger partial charge in [0.2, 0.25) is 5.91 Å². The van der Waals surface area contributed by atoms with Crippen molar-refractivity contribution in [2.45, 2.75) is 6.42 Å². The summed E-state index contributed by atoms with van der Waals surface area (Å²) < 4.78 is 6.03. The van der Waals surface area contributed by atoms with Gasteiger partial charge in [0, 0.05) is 5.69 Å². The molecular formula is C19H15N5O4S. The minimum absolute atomic E-state index is 0.0996. The van der Waals surface area contributed by atoms with Crippen LogP contribution in [0, 0.1) is 0 Å². The van der Waals surface area contributed by atoms with Crippen molar-refractivity contribution >= 4 is 34.4 Å². The Labute approximate surface area is 168 Å². The van der Waals surface area contributed by atoms with Crippen molar-refractivity contribution in [2.24, 2.45) is 0 Å². The highest BCUT2D eigenvalue weighted by atomic mass is 32.1. The van der Waals surface area contributed by atoms with Gasteiger partial charge in [-0.05, 0) is 41.8 Å². The molecular weight excluding hydrogens is 394 g/mol. The number of amides is 1. The van der Waals surface area contributed by atoms with Crippen LogP contribution >= 0.6 is 11.3 Å². The van der Waals surface area contributed by atoms with Gasteiger partial charge in [0.25, 0.3) is 5.56 Å². The van der Waals surface area contributed by atoms with Gasteiger partial charge < -0.3 is 10.1 Å². The lowest BCUT2D eigenvalue weighted by Crippen LogP contribution is -2.22. The van der Waals surface area contributed by atoms with Crippen molar-refractivity contribution in [1.82, 2.24) is 19.8 Å². The number of rotatable bonds is 5. The first-order chi connectivity index (χ1) is 14.0. The summed E-state index contributed by atoms with van der Waals surface area (Å²) in [6.45, 7) is 0. The molecule has 0 fully saturated rings. The lowest BCUT2D eigenvalue weighted by atomic mass is 10.2. The number of hydrogen-bond donors (Lipinski definition) is 2. The molecule has 0 saturated heterocycles. The predicted molar refractivity (Wildman–Crippen MR) is 107 cm³/mol. The molecule has 0 aliphatic carbocycles. The summed E-state index contributed by atoms with van der Waals surface area (Å²) >= 11 is 1.50. The molecule has 0 radical (unpaired) electrons. The zero-order valence-electron chi connectivity index (χ0n) is 15.2. The standard InChI is InChI=1S/C19H15N5O4S/c1-28-19(27)11-4-6-12(7-5-11)20-17(25)10-16-21-22-18(26)14-9-13(23-24(14)16)15-3-2-8-29-15/h2-9H,10H2,1H3,(H,20,25)(H,22,26). The number of nitrogens with one attached hydrogen (secondary N) is 2. The molecule has 0 bridgehead atoms. The monoisotopic (exact) mass is 409 g/mol. The number of aromatic amines is 1. The van der Waals surface area contributed by atoms with E-state index < -0.39 is 5.97 Å². The Balaban J connectivity index is 1.56. The maximum absolute atomic E-state index is 12.4. The van der Waals surface area contributed by atoms with Gasteiger partial charge in [-0.2, -0.15) is 10.2 Å². The van der Waals surface area contributed by atoms with Crippen molar-refractivity contribution in [3.63, 3.8) is 0 Å². The first-order valence-corrected chi connectivity index (χ1v) is 9.42. The number of esters is 1. The van der Waals surface area contributed by atoms with Crippen LogP contribution in [0.25, 0.3) is 16.1 Å². The van der Waals surface area contributed by atoms with E-state index >= 15 is 0 Å². The first-order valence-electron chi connectivity index (χ1n) is 8.54. The second-order valence-electron chi connectivity index (χ2n) is 6.07. The maximum atomic E-state index is 12.4. The number of ether oxygens (including phenoxy) is 1. The first kappa shape index (κ1) is 18.6. The maximum Gasteiger partial charge on any atom is 0.337 e. The van der Waals surface area contributed by atoms with Gasteiger partial charge in [0.1, 0.15) is 11.2 Å². The molecule has 0 unspecified atom stereocenters. The second-order valence-corrected chi connectivity index (χ2v) is 7.01. The van der Waals surface area contributed by atoms with Crippen LogP contribution in [0.1, 0.15) is 16.2 Å². The molecule has 29 heavy (non-hydrogen) atoms. The minimum atomic E-state index is -0.456. The number of carbonyl (C=O) groups is 2. The van der Waals surface area contributed by atoms with Crippen LogP contribution in [-0.4, -0.2) is 38.8 Å². The molecule has 4 rings (SSSR count). The number of hydrogen-bond acceptors (Lipinski definition) is 7. The van der Waals surface area contributed by atoms with Crippen LogP contribution in [0.3, 0.4) is 0 Å². The number of thiophene rings is 1. The van der Waals surface area contributed by atoms with E-state index in [1.165, 1.54) is 23.0 Å². The fourth-order valence-electron chi connectivity index (χ4n) is 2.77. The molecule has 10 heteroatoms. The van der Waals surface area contributed by atoms with E-state index in [1.807, 2.05) is 17.5 Å². The largest absolute Gasteiger partial charge is 0.465 e. The third kappa shape index (κ3) is 3.78. The van der Waals surface area contributed by atoms with E-state index in [-0.39, 0.29) is 17.9 Å². The Morgan fingerprint density at radius 3 is 2.72 bits per heavy atom. The SMILES string of the molecule is COC(=O)c1ccc(NC(=O)Cc2n[nH]c(=O)c3cc(-c4cccs4)nn23)cc1. The Morgan fingerprint density at radius 2 is 2.03 bits per heavy atom. The average Bonchev–Trinajstić information content (AvgIpc) is 3.40. The number of H-pyrrole nitrogens is 1. The summed E-state index contributed by atoms with van der Waals surface area (Å²) in [6, 6.07) is 11.8. The van der Waals surface area contributed by atoms with Crippen molar-refractivity contribution in [3.8, 4) is 10.6 Å². The lowest BCUT2D eigenvalue weighted by Gasteiger charge is -2.06. The van der Waals surface area contributed by atoms with E-state index in [2.05, 4.69) is 25.3 Å². The smallest absolute Gasteiger partial charge is 0.337 e. The third-order valence-electron chi connectivity index (χ3n) is 4.16. The van der Waals surface area contributed by atoms with Gasteiger partial charge in [-0.3, -0.25) is 9.59 Å². The van der Waals surface area contributed by atoms with Crippen LogP contribution in [0.15, 0.2) is 52.6 Å². The molecule has 2 N–H and O–H groups in total. The molecule has 1 aromatic carbocycles. The normalized spacial score (nSPS) is 10.8. The number of benzene rings is 1. The van der Waals surface area contributed by atoms with E-state index in [9.17, 15) is 14.4 Å². The van der Waals surface area contributed by atoms with E-state index in [0.29, 0.717) is 28.3 Å². The summed E-state index contributed by atoms with van der Waals surface area (Å²) in [5.41, 5.74) is 1.46. The summed E-state index contributed by atoms with van der Waals surface area (Å²) in [5, 5.41) is 15.5. The quantitative estimate of drug-likeness (QED) is 0.488. The number of fused-ring (bicyclic) bond motifs is 1. The number of nitrogens with zero attached hydrogens (tertiary/aromatic N) is 3. The zero-order chi connectivity index (χ0) is 20.4. The van der Waals surface area contributed by atoms with Gasteiger partial charge in [0.05, 0.1) is 24.0 Å². The second kappa shape index (κ2) is 7.68. The third-order valence-corrected chi connectivity index (χ3v) is 5.05. The fourth-order valence-corrected chi connectivity index (χ4v) is 3.46. The van der Waals surface area contributed by atoms with Gasteiger partial charge in [0.15, 0.2) is 5.82 Å². The number of anilines is 1. The van der Waals surface area contributed by atoms with Crippen LogP contribution in [-0.2, 0) is 16.0 Å². The molecule has 0 saturated carbocycles. The Kier molecular flexibility index (Phi) is 4.92. The fraction of sp³-hybridized carbons (Fsp3) is 0.105. The van der Waals surface area contributed by atoms with Crippen molar-refractivity contribution in [3.05, 3.63) is 69.6 Å². The van der Waals surface area contributed by atoms with E-state index in [4.69, 9.17) is 0 Å². The van der Waals surface area contributed by atoms with Gasteiger partial charge in [-0.1, -0.05) is 6.07 Å². The van der Waals surface area contributed by atoms with Crippen molar-refractivity contribution in [2.75, 3.05) is 12.4 Å². The highest BCUT2D eigenvalue weighted by molar-refractivity contribution is 7.13. The highest BCUT2D eigenvalue weighted by Crippen LogP contribution is 2.23. The Morgan fingerprint density at radius 1 is 1.24 bits per heavy atom. The molecule has 0 aliphatic heterocycles. The van der Waals surface area contributed by atoms with Crippen LogP contribution in [0.4, 0.5) is 5.69 Å². The van der Waals surface area contributed by atoms with E-state index in [0.717, 1.165) is 4.88 Å². The Bertz CT molecular complexity index is 1240. The van der Waals surface area contributed by atoms with Gasteiger partial charge in [-0.15, -0.1) is 11.3 Å². The molecule has 1 amide bonds. The summed E-state index contributed by atoms with van der Waals surface area (Å²) in [6.07, 6.45) is -0.0996. The molecule has 146 valence electrons. The molecule has 3 aromatic heterocycles. The van der Waals surface area contributed by atoms with Crippen LogP contribution in [0.5, 0.6) is 0 Å². The summed E-state index contributed by atoms with van der Waals surface area (Å²) in [7, 11) is 1.30. The predicted octanol–water partition coefficient (Wildman–Crippen LogP) is 2.11. The van der Waals surface area contributed by atoms with Crippen molar-refractivity contribution < 1.29 is 14.3 Å². The zero-order valence-corrected chi connectivity index (χ0v) is 16.0. The molecule has 0 spiro atoms. The molecule has 3 heterocycles. The molecule has 0 aliphatic rings. The van der Waals surface area contributed by atoms with Crippen molar-refractivity contribution in [1.29, 1.82) is 0 Å². The Hall–Kier alpha value is -3.79. The number of methoxy groups -OCH3 is 1. The summed E-state index contributed by atoms with van der Waals surface area (Å²) in [4.78, 5) is 36.9. The minimum Gasteiger partial charge on any atom is -0.465 e. The topological polar surface area (TPSA) is 118 Å². The number of carbonyl (C=O) groups excluding carboxylic acids is 2. The van der Waals surface area contributed by atoms with E-state index in [1.54, 1.807) is 30.3 Å². The van der Waals surface area contributed by atoms with Gasteiger partial charge in [-0.25, -0.2) is 14.4 Å². The number of aromatic nitrogens is 4. The highest BCUT2D eigenvalue weighted by Gasteiger charge is 2.15. The molecule has 4 aromatic rings. The average molecular weight is 409 g/mol. The summed E-state index contributed by atoms with van der Waals surface area (Å²) in [5.74, 6) is -0.501. The van der Waals surface area contributed by atoms with Crippen LogP contribution < -0.4 is 10.9 Å². The van der Waals surface area contributed by atoms with Gasteiger partial charge >= 0.3 is 5.97 Å². The molecule has 0 atom stereocenters.